The molecule has 172 valence electrons. The first-order valence-electron chi connectivity index (χ1n) is 10.7. The van der Waals surface area contributed by atoms with Crippen LogP contribution in [0.2, 0.25) is 0 Å². The number of carbonyl (C=O) groups is 2. The van der Waals surface area contributed by atoms with Gasteiger partial charge in [0.05, 0.1) is 23.1 Å². The van der Waals surface area contributed by atoms with E-state index in [1.165, 1.54) is 29.2 Å². The monoisotopic (exact) mass is 458 g/mol. The number of nitrogens with zero attached hydrogens (tertiary/aromatic N) is 2. The van der Waals surface area contributed by atoms with Gasteiger partial charge < -0.3 is 14.7 Å². The number of likely N-dealkylation sites (tertiary alicyclic amines) is 1. The van der Waals surface area contributed by atoms with E-state index in [1.54, 1.807) is 24.3 Å². The van der Waals surface area contributed by atoms with Crippen LogP contribution in [0.4, 0.5) is 5.69 Å². The average molecular weight is 458 g/mol. The zero-order valence-corrected chi connectivity index (χ0v) is 18.4. The number of nitro benzene ring substituents is 1. The van der Waals surface area contributed by atoms with E-state index in [-0.39, 0.29) is 23.6 Å². The van der Waals surface area contributed by atoms with Crippen molar-refractivity contribution in [2.75, 3.05) is 6.61 Å². The molecule has 8 heteroatoms. The fourth-order valence-electron chi connectivity index (χ4n) is 4.00. The minimum atomic E-state index is -0.920. The molecule has 34 heavy (non-hydrogen) atoms. The molecule has 1 atom stereocenters. The molecule has 0 bridgehead atoms. The second-order valence-electron chi connectivity index (χ2n) is 7.72. The number of aliphatic hydroxyl groups excluding tert-OH is 1. The number of aliphatic hydroxyl groups is 1. The molecule has 3 aromatic rings. The first-order valence-corrected chi connectivity index (χ1v) is 10.7. The highest BCUT2D eigenvalue weighted by atomic mass is 16.6. The summed E-state index contributed by atoms with van der Waals surface area (Å²) in [4.78, 5) is 38.2. The molecule has 1 heterocycles. The van der Waals surface area contributed by atoms with Gasteiger partial charge in [0.15, 0.2) is 0 Å². The predicted molar refractivity (Wildman–Crippen MR) is 125 cm³/mol. The summed E-state index contributed by atoms with van der Waals surface area (Å²) in [6.45, 7) is 2.38. The topological polar surface area (TPSA) is 110 Å². The number of ether oxygens (including phenoxy) is 1. The average Bonchev–Trinajstić information content (AvgIpc) is 3.09. The van der Waals surface area contributed by atoms with E-state index in [4.69, 9.17) is 4.74 Å². The molecular formula is C26H22N2O6. The van der Waals surface area contributed by atoms with Crippen LogP contribution in [-0.4, -0.2) is 33.2 Å². The number of non-ortho nitro benzene ring substituents is 1. The molecule has 0 aliphatic carbocycles. The number of nitro groups is 1. The Labute approximate surface area is 195 Å². The van der Waals surface area contributed by atoms with E-state index < -0.39 is 22.7 Å². The normalized spacial score (nSPS) is 17.1. The van der Waals surface area contributed by atoms with Gasteiger partial charge in [-0.05, 0) is 42.3 Å². The second kappa shape index (κ2) is 9.58. The molecule has 1 aliphatic heterocycles. The van der Waals surface area contributed by atoms with Crippen LogP contribution >= 0.6 is 0 Å². The standard InChI is InChI=1S/C26H22N2O6/c1-2-34-21-10-6-9-19(15-21)24(29)22-23(18-11-13-20(14-12-18)28(32)33)27(26(31)25(22)30)16-17-7-4-3-5-8-17/h3-15,23,29H,2,16H2,1H3. The van der Waals surface area contributed by atoms with Crippen LogP contribution < -0.4 is 4.74 Å². The maximum absolute atomic E-state index is 13.1. The van der Waals surface area contributed by atoms with Crippen molar-refractivity contribution in [2.24, 2.45) is 0 Å². The molecule has 1 N–H and O–H groups in total. The van der Waals surface area contributed by atoms with E-state index in [9.17, 15) is 24.8 Å². The number of hydrogen-bond donors (Lipinski definition) is 1. The molecule has 0 radical (unpaired) electrons. The molecule has 1 fully saturated rings. The first kappa shape index (κ1) is 22.7. The van der Waals surface area contributed by atoms with Crippen molar-refractivity contribution < 1.29 is 24.4 Å². The second-order valence-corrected chi connectivity index (χ2v) is 7.72. The summed E-state index contributed by atoms with van der Waals surface area (Å²) in [5.41, 5.74) is 1.41. The number of hydrogen-bond acceptors (Lipinski definition) is 6. The Hall–Kier alpha value is -4.46. The Kier molecular flexibility index (Phi) is 6.40. The zero-order chi connectivity index (χ0) is 24.2. The van der Waals surface area contributed by atoms with Gasteiger partial charge in [-0.3, -0.25) is 19.7 Å². The fraction of sp³-hybridized carbons (Fsp3) is 0.154. The summed E-state index contributed by atoms with van der Waals surface area (Å²) >= 11 is 0. The Morgan fingerprint density at radius 2 is 1.74 bits per heavy atom. The fourth-order valence-corrected chi connectivity index (χ4v) is 4.00. The van der Waals surface area contributed by atoms with Crippen LogP contribution in [0.25, 0.3) is 5.76 Å². The number of benzene rings is 3. The van der Waals surface area contributed by atoms with E-state index in [0.717, 1.165) is 5.56 Å². The van der Waals surface area contributed by atoms with E-state index >= 15 is 0 Å². The summed E-state index contributed by atoms with van der Waals surface area (Å²) in [5, 5.41) is 22.3. The molecule has 4 rings (SSSR count). The Morgan fingerprint density at radius 1 is 1.03 bits per heavy atom. The highest BCUT2D eigenvalue weighted by Gasteiger charge is 2.46. The Morgan fingerprint density at radius 3 is 2.38 bits per heavy atom. The van der Waals surface area contributed by atoms with E-state index in [1.807, 2.05) is 37.3 Å². The lowest BCUT2D eigenvalue weighted by Crippen LogP contribution is -2.29. The Balaban J connectivity index is 1.85. The van der Waals surface area contributed by atoms with Crippen molar-refractivity contribution >= 4 is 23.1 Å². The lowest BCUT2D eigenvalue weighted by molar-refractivity contribution is -0.384. The van der Waals surface area contributed by atoms with Crippen LogP contribution in [0, 0.1) is 10.1 Å². The number of Topliss-reactive ketones (excluding diaryl/α,β-unsaturated/α-hetero) is 1. The molecule has 8 nitrogen and oxygen atoms in total. The summed E-state index contributed by atoms with van der Waals surface area (Å²) in [5.74, 6) is -1.40. The molecule has 1 unspecified atom stereocenters. The van der Waals surface area contributed by atoms with Gasteiger partial charge in [-0.2, -0.15) is 0 Å². The van der Waals surface area contributed by atoms with Crippen molar-refractivity contribution in [1.82, 2.24) is 4.90 Å². The van der Waals surface area contributed by atoms with Gasteiger partial charge in [0.25, 0.3) is 17.4 Å². The third-order valence-corrected chi connectivity index (χ3v) is 5.57. The van der Waals surface area contributed by atoms with Crippen molar-refractivity contribution in [3.8, 4) is 5.75 Å². The minimum absolute atomic E-state index is 0.0802. The maximum atomic E-state index is 13.1. The summed E-state index contributed by atoms with van der Waals surface area (Å²) in [6.07, 6.45) is 0. The number of carbonyl (C=O) groups excluding carboxylic acids is 2. The number of amides is 1. The van der Waals surface area contributed by atoms with Crippen molar-refractivity contribution in [3.63, 3.8) is 0 Å². The van der Waals surface area contributed by atoms with E-state index in [2.05, 4.69) is 0 Å². The third kappa shape index (κ3) is 4.38. The van der Waals surface area contributed by atoms with Crippen LogP contribution in [0.3, 0.4) is 0 Å². The van der Waals surface area contributed by atoms with Gasteiger partial charge >= 0.3 is 0 Å². The lowest BCUT2D eigenvalue weighted by Gasteiger charge is -2.25. The molecule has 0 aromatic heterocycles. The van der Waals surface area contributed by atoms with Crippen molar-refractivity contribution in [1.29, 1.82) is 0 Å². The van der Waals surface area contributed by atoms with Gasteiger partial charge in [-0.15, -0.1) is 0 Å². The quantitative estimate of drug-likeness (QED) is 0.182. The molecule has 1 amide bonds. The van der Waals surface area contributed by atoms with Gasteiger partial charge in [0, 0.05) is 24.2 Å². The smallest absolute Gasteiger partial charge is 0.295 e. The molecule has 0 saturated carbocycles. The molecule has 1 saturated heterocycles. The van der Waals surface area contributed by atoms with Gasteiger partial charge in [0.2, 0.25) is 0 Å². The number of ketones is 1. The third-order valence-electron chi connectivity index (χ3n) is 5.57. The summed E-state index contributed by atoms with van der Waals surface area (Å²) in [7, 11) is 0. The lowest BCUT2D eigenvalue weighted by atomic mass is 9.95. The molecule has 3 aromatic carbocycles. The van der Waals surface area contributed by atoms with Gasteiger partial charge in [-0.1, -0.05) is 42.5 Å². The molecule has 1 aliphatic rings. The molecular weight excluding hydrogens is 436 g/mol. The maximum Gasteiger partial charge on any atom is 0.295 e. The number of rotatable bonds is 7. The Bertz CT molecular complexity index is 1270. The first-order chi connectivity index (χ1) is 16.4. The van der Waals surface area contributed by atoms with Crippen molar-refractivity contribution in [2.45, 2.75) is 19.5 Å². The van der Waals surface area contributed by atoms with Crippen LogP contribution in [0.15, 0.2) is 84.4 Å². The molecule has 0 spiro atoms. The predicted octanol–water partition coefficient (Wildman–Crippen LogP) is 4.62. The van der Waals surface area contributed by atoms with E-state index in [0.29, 0.717) is 23.5 Å². The van der Waals surface area contributed by atoms with Crippen LogP contribution in [-0.2, 0) is 16.1 Å². The summed E-state index contributed by atoms with van der Waals surface area (Å²) in [6, 6.07) is 20.5. The van der Waals surface area contributed by atoms with Crippen molar-refractivity contribution in [3.05, 3.63) is 111 Å². The zero-order valence-electron chi connectivity index (χ0n) is 18.4. The van der Waals surface area contributed by atoms with Crippen LogP contribution in [0.5, 0.6) is 5.75 Å². The largest absolute Gasteiger partial charge is 0.507 e. The van der Waals surface area contributed by atoms with Gasteiger partial charge in [-0.25, -0.2) is 0 Å². The van der Waals surface area contributed by atoms with Crippen LogP contribution in [0.1, 0.15) is 29.7 Å². The van der Waals surface area contributed by atoms with Gasteiger partial charge in [0.1, 0.15) is 11.5 Å². The SMILES string of the molecule is CCOc1cccc(C(O)=C2C(=O)C(=O)N(Cc3ccccc3)C2c2ccc([N+](=O)[O-])cc2)c1. The minimum Gasteiger partial charge on any atom is -0.507 e. The highest BCUT2D eigenvalue weighted by Crippen LogP contribution is 2.41. The highest BCUT2D eigenvalue weighted by molar-refractivity contribution is 6.46. The summed E-state index contributed by atoms with van der Waals surface area (Å²) < 4.78 is 5.49.